The highest BCUT2D eigenvalue weighted by Gasteiger charge is 2.28. The van der Waals surface area contributed by atoms with Gasteiger partial charge in [0.1, 0.15) is 5.75 Å². The number of carbonyl (C=O) groups excluding carboxylic acids is 1. The summed E-state index contributed by atoms with van der Waals surface area (Å²) in [6.45, 7) is 6.11. The zero-order chi connectivity index (χ0) is 17.0. The van der Waals surface area contributed by atoms with Crippen LogP contribution >= 0.6 is 0 Å². The van der Waals surface area contributed by atoms with E-state index in [9.17, 15) is 13.6 Å². The van der Waals surface area contributed by atoms with Crippen LogP contribution in [0.25, 0.3) is 0 Å². The summed E-state index contributed by atoms with van der Waals surface area (Å²) in [6, 6.07) is 7.38. The van der Waals surface area contributed by atoms with E-state index in [2.05, 4.69) is 26.1 Å². The number of amides is 1. The molecule has 1 amide bonds. The van der Waals surface area contributed by atoms with Crippen molar-refractivity contribution in [2.24, 2.45) is 5.73 Å². The molecule has 0 aliphatic carbocycles. The second-order valence-corrected chi connectivity index (χ2v) is 6.32. The van der Waals surface area contributed by atoms with Crippen LogP contribution in [0.3, 0.4) is 0 Å². The lowest BCUT2D eigenvalue weighted by Gasteiger charge is -2.21. The number of nitrogens with one attached hydrogen (secondary N) is 1. The largest absolute Gasteiger partial charge is 0.481 e. The molecule has 0 fully saturated rings. The van der Waals surface area contributed by atoms with Crippen molar-refractivity contribution < 1.29 is 18.3 Å². The minimum Gasteiger partial charge on any atom is -0.481 e. The molecule has 0 saturated heterocycles. The minimum absolute atomic E-state index is 0.0476. The highest BCUT2D eigenvalue weighted by atomic mass is 19.3. The van der Waals surface area contributed by atoms with E-state index in [0.29, 0.717) is 5.75 Å². The molecule has 3 N–H and O–H groups in total. The zero-order valence-electron chi connectivity index (χ0n) is 13.5. The quantitative estimate of drug-likeness (QED) is 0.848. The first-order valence-electron chi connectivity index (χ1n) is 7.18. The molecule has 0 heterocycles. The SMILES string of the molecule is CC(Oc1cccc(C(C)(C)C)c1)C(=O)NCC(F)(F)CN. The molecule has 0 aliphatic rings. The van der Waals surface area contributed by atoms with Crippen LogP contribution < -0.4 is 15.8 Å². The number of carbonyl (C=O) groups is 1. The van der Waals surface area contributed by atoms with Crippen molar-refractivity contribution in [1.29, 1.82) is 0 Å². The predicted molar refractivity (Wildman–Crippen MR) is 82.2 cm³/mol. The molecule has 22 heavy (non-hydrogen) atoms. The standard InChI is InChI=1S/C16H24F2N2O2/c1-11(14(21)20-10-16(17,18)9-19)22-13-7-5-6-12(8-13)15(2,3)4/h5-8,11H,9-10,19H2,1-4H3,(H,20,21). The van der Waals surface area contributed by atoms with Crippen molar-refractivity contribution in [3.8, 4) is 5.75 Å². The van der Waals surface area contributed by atoms with Crippen molar-refractivity contribution >= 4 is 5.91 Å². The van der Waals surface area contributed by atoms with Crippen LogP contribution in [0.4, 0.5) is 8.78 Å². The summed E-state index contributed by atoms with van der Waals surface area (Å²) < 4.78 is 31.5. The Balaban J connectivity index is 2.65. The molecule has 0 aromatic heterocycles. The Bertz CT molecular complexity index is 513. The fourth-order valence-electron chi connectivity index (χ4n) is 1.73. The number of halogens is 2. The van der Waals surface area contributed by atoms with Crippen LogP contribution in [-0.2, 0) is 10.2 Å². The molecular formula is C16H24F2N2O2. The first-order valence-corrected chi connectivity index (χ1v) is 7.18. The Labute approximate surface area is 130 Å². The number of benzene rings is 1. The number of hydrogen-bond donors (Lipinski definition) is 2. The van der Waals surface area contributed by atoms with Crippen LogP contribution in [0.5, 0.6) is 5.75 Å². The number of rotatable bonds is 6. The number of nitrogens with two attached hydrogens (primary N) is 1. The molecule has 0 aliphatic heterocycles. The van der Waals surface area contributed by atoms with E-state index < -0.39 is 31.0 Å². The maximum atomic E-state index is 13.0. The molecule has 4 nitrogen and oxygen atoms in total. The predicted octanol–water partition coefficient (Wildman–Crippen LogP) is 2.46. The Morgan fingerprint density at radius 2 is 2.00 bits per heavy atom. The van der Waals surface area contributed by atoms with Gasteiger partial charge in [0, 0.05) is 0 Å². The summed E-state index contributed by atoms with van der Waals surface area (Å²) in [5.74, 6) is -3.18. The second-order valence-electron chi connectivity index (χ2n) is 6.32. The highest BCUT2D eigenvalue weighted by molar-refractivity contribution is 5.80. The van der Waals surface area contributed by atoms with E-state index in [1.807, 2.05) is 18.2 Å². The van der Waals surface area contributed by atoms with Crippen molar-refractivity contribution in [2.45, 2.75) is 45.1 Å². The third-order valence-corrected chi connectivity index (χ3v) is 3.20. The third kappa shape index (κ3) is 5.60. The van der Waals surface area contributed by atoms with Gasteiger partial charge >= 0.3 is 0 Å². The van der Waals surface area contributed by atoms with Gasteiger partial charge in [0.15, 0.2) is 6.10 Å². The maximum absolute atomic E-state index is 13.0. The lowest BCUT2D eigenvalue weighted by Crippen LogP contribution is -2.45. The number of ether oxygens (including phenoxy) is 1. The van der Waals surface area contributed by atoms with E-state index in [0.717, 1.165) is 5.56 Å². The van der Waals surface area contributed by atoms with E-state index in [1.165, 1.54) is 6.92 Å². The summed E-state index contributed by atoms with van der Waals surface area (Å²) in [5.41, 5.74) is 5.93. The van der Waals surface area contributed by atoms with Gasteiger partial charge in [-0.05, 0) is 30.0 Å². The third-order valence-electron chi connectivity index (χ3n) is 3.20. The molecule has 0 saturated carbocycles. The summed E-state index contributed by atoms with van der Waals surface area (Å²) in [5, 5.41) is 2.14. The van der Waals surface area contributed by atoms with Crippen molar-refractivity contribution in [3.63, 3.8) is 0 Å². The molecule has 1 aromatic carbocycles. The van der Waals surface area contributed by atoms with Crippen molar-refractivity contribution in [2.75, 3.05) is 13.1 Å². The van der Waals surface area contributed by atoms with Gasteiger partial charge in [0.2, 0.25) is 0 Å². The van der Waals surface area contributed by atoms with Crippen LogP contribution in [-0.4, -0.2) is 31.0 Å². The molecule has 1 atom stereocenters. The lowest BCUT2D eigenvalue weighted by molar-refractivity contribution is -0.129. The van der Waals surface area contributed by atoms with Gasteiger partial charge in [0.05, 0.1) is 13.1 Å². The zero-order valence-corrected chi connectivity index (χ0v) is 13.5. The molecule has 0 radical (unpaired) electrons. The molecular weight excluding hydrogens is 290 g/mol. The van der Waals surface area contributed by atoms with Crippen LogP contribution in [0.2, 0.25) is 0 Å². The van der Waals surface area contributed by atoms with Crippen LogP contribution in [0.1, 0.15) is 33.3 Å². The van der Waals surface area contributed by atoms with Gasteiger partial charge in [-0.25, -0.2) is 8.78 Å². The maximum Gasteiger partial charge on any atom is 0.277 e. The molecule has 1 rings (SSSR count). The van der Waals surface area contributed by atoms with Crippen molar-refractivity contribution in [3.05, 3.63) is 29.8 Å². The number of hydrogen-bond acceptors (Lipinski definition) is 3. The van der Waals surface area contributed by atoms with Gasteiger partial charge in [-0.1, -0.05) is 32.9 Å². The Hall–Kier alpha value is -1.69. The molecule has 1 unspecified atom stereocenters. The average molecular weight is 314 g/mol. The normalized spacial score (nSPS) is 13.6. The van der Waals surface area contributed by atoms with E-state index in [4.69, 9.17) is 10.5 Å². The smallest absolute Gasteiger partial charge is 0.277 e. The van der Waals surface area contributed by atoms with Gasteiger partial charge < -0.3 is 15.8 Å². The molecule has 0 spiro atoms. The molecule has 6 heteroatoms. The van der Waals surface area contributed by atoms with Crippen LogP contribution in [0, 0.1) is 0 Å². The second kappa shape index (κ2) is 7.05. The average Bonchev–Trinajstić information content (AvgIpc) is 2.44. The Kier molecular flexibility index (Phi) is 5.88. The first-order chi connectivity index (χ1) is 10.0. The Morgan fingerprint density at radius 1 is 1.36 bits per heavy atom. The highest BCUT2D eigenvalue weighted by Crippen LogP contribution is 2.26. The molecule has 0 bridgehead atoms. The van der Waals surface area contributed by atoms with E-state index in [1.54, 1.807) is 6.07 Å². The lowest BCUT2D eigenvalue weighted by atomic mass is 9.87. The monoisotopic (exact) mass is 314 g/mol. The van der Waals surface area contributed by atoms with Gasteiger partial charge in [-0.2, -0.15) is 0 Å². The van der Waals surface area contributed by atoms with Crippen molar-refractivity contribution in [1.82, 2.24) is 5.32 Å². The summed E-state index contributed by atoms with van der Waals surface area (Å²) >= 11 is 0. The summed E-state index contributed by atoms with van der Waals surface area (Å²) in [4.78, 5) is 11.8. The Morgan fingerprint density at radius 3 is 2.55 bits per heavy atom. The van der Waals surface area contributed by atoms with Crippen LogP contribution in [0.15, 0.2) is 24.3 Å². The van der Waals surface area contributed by atoms with Gasteiger partial charge in [-0.3, -0.25) is 4.79 Å². The molecule has 124 valence electrons. The summed E-state index contributed by atoms with van der Waals surface area (Å²) in [7, 11) is 0. The summed E-state index contributed by atoms with van der Waals surface area (Å²) in [6.07, 6.45) is -0.871. The topological polar surface area (TPSA) is 64.3 Å². The van der Waals surface area contributed by atoms with Gasteiger partial charge in [-0.15, -0.1) is 0 Å². The fourth-order valence-corrected chi connectivity index (χ4v) is 1.73. The van der Waals surface area contributed by atoms with E-state index >= 15 is 0 Å². The first kappa shape index (κ1) is 18.4. The van der Waals surface area contributed by atoms with E-state index in [-0.39, 0.29) is 5.41 Å². The number of alkyl halides is 2. The minimum atomic E-state index is -3.11. The fraction of sp³-hybridized carbons (Fsp3) is 0.562. The van der Waals surface area contributed by atoms with Gasteiger partial charge in [0.25, 0.3) is 11.8 Å². The molecule has 1 aromatic rings.